The topological polar surface area (TPSA) is 116 Å². The first-order valence-corrected chi connectivity index (χ1v) is 12.2. The summed E-state index contributed by atoms with van der Waals surface area (Å²) in [4.78, 5) is 30.2. The maximum Gasteiger partial charge on any atom is 0.348 e. The van der Waals surface area contributed by atoms with Gasteiger partial charge in [-0.25, -0.2) is 9.78 Å². The van der Waals surface area contributed by atoms with Gasteiger partial charge in [0.1, 0.15) is 27.0 Å². The van der Waals surface area contributed by atoms with E-state index >= 15 is 0 Å². The Balaban J connectivity index is 1.84. The number of thioether (sulfide) groups is 1. The number of anilines is 1. The fourth-order valence-electron chi connectivity index (χ4n) is 3.56. The molecular weight excluding hydrogens is 444 g/mol. The number of esters is 1. The van der Waals surface area contributed by atoms with E-state index in [4.69, 9.17) is 9.72 Å². The predicted molar refractivity (Wildman–Crippen MR) is 124 cm³/mol. The Hall–Kier alpha value is -2.88. The summed E-state index contributed by atoms with van der Waals surface area (Å²) in [5, 5.41) is 22.3. The van der Waals surface area contributed by atoms with E-state index in [0.717, 1.165) is 48.3 Å². The molecule has 7 nitrogen and oxygen atoms in total. The van der Waals surface area contributed by atoms with Crippen LogP contribution in [0, 0.1) is 29.6 Å². The van der Waals surface area contributed by atoms with Gasteiger partial charge in [-0.1, -0.05) is 18.7 Å². The van der Waals surface area contributed by atoms with Crippen LogP contribution in [0.25, 0.3) is 0 Å². The molecule has 1 unspecified atom stereocenters. The van der Waals surface area contributed by atoms with Crippen LogP contribution in [-0.2, 0) is 22.4 Å². The Kier molecular flexibility index (Phi) is 7.89. The van der Waals surface area contributed by atoms with Crippen molar-refractivity contribution >= 4 is 40.0 Å². The predicted octanol–water partition coefficient (Wildman–Crippen LogP) is 4.76. The highest BCUT2D eigenvalue weighted by atomic mass is 32.2. The third kappa shape index (κ3) is 4.95. The Labute approximate surface area is 195 Å². The molecule has 2 aromatic rings. The maximum absolute atomic E-state index is 13.1. The van der Waals surface area contributed by atoms with Crippen LogP contribution in [0.3, 0.4) is 0 Å². The molecule has 1 aliphatic carbocycles. The van der Waals surface area contributed by atoms with Crippen LogP contribution < -0.4 is 5.32 Å². The van der Waals surface area contributed by atoms with Crippen LogP contribution in [0.2, 0.25) is 0 Å². The van der Waals surface area contributed by atoms with Crippen LogP contribution in [0.15, 0.2) is 11.1 Å². The van der Waals surface area contributed by atoms with Crippen molar-refractivity contribution in [3.63, 3.8) is 0 Å². The average Bonchev–Trinajstić information content (AvgIpc) is 3.11. The fraction of sp³-hybridized carbons (Fsp3) is 0.435. The molecule has 1 aliphatic rings. The standard InChI is InChI=1S/C23H24N4O3S2/c1-4-18(31-21-15(11-24)10-14-8-6-7-9-17(14)26-21)20(28)27-22-16(12-25)13(3)19(32-22)23(29)30-5-2/h10,18H,4-9H2,1-3H3,(H,27,28). The Morgan fingerprint density at radius 3 is 2.69 bits per heavy atom. The average molecular weight is 469 g/mol. The molecule has 0 bridgehead atoms. The molecule has 1 amide bonds. The monoisotopic (exact) mass is 468 g/mol. The summed E-state index contributed by atoms with van der Waals surface area (Å²) in [6.45, 7) is 5.49. The summed E-state index contributed by atoms with van der Waals surface area (Å²) >= 11 is 2.30. The normalized spacial score (nSPS) is 13.4. The first-order chi connectivity index (χ1) is 15.4. The number of nitriles is 2. The van der Waals surface area contributed by atoms with E-state index in [2.05, 4.69) is 17.5 Å². The largest absolute Gasteiger partial charge is 0.462 e. The summed E-state index contributed by atoms with van der Waals surface area (Å²) < 4.78 is 5.05. The Morgan fingerprint density at radius 1 is 1.28 bits per heavy atom. The Morgan fingerprint density at radius 2 is 2.03 bits per heavy atom. The molecule has 0 saturated heterocycles. The smallest absolute Gasteiger partial charge is 0.348 e. The zero-order valence-electron chi connectivity index (χ0n) is 18.3. The number of aromatic nitrogens is 1. The summed E-state index contributed by atoms with van der Waals surface area (Å²) in [6, 6.07) is 6.18. The van der Waals surface area contributed by atoms with Crippen LogP contribution in [0.4, 0.5) is 5.00 Å². The molecule has 0 aliphatic heterocycles. The zero-order chi connectivity index (χ0) is 23.3. The van der Waals surface area contributed by atoms with E-state index in [-0.39, 0.29) is 18.1 Å². The summed E-state index contributed by atoms with van der Waals surface area (Å²) in [5.41, 5.74) is 3.36. The van der Waals surface area contributed by atoms with Crippen molar-refractivity contribution in [2.24, 2.45) is 0 Å². The lowest BCUT2D eigenvalue weighted by molar-refractivity contribution is -0.115. The minimum atomic E-state index is -0.509. The molecule has 2 heterocycles. The van der Waals surface area contributed by atoms with Gasteiger partial charge in [0.2, 0.25) is 5.91 Å². The molecule has 0 aromatic carbocycles. The first-order valence-electron chi connectivity index (χ1n) is 10.5. The molecule has 3 rings (SSSR count). The van der Waals surface area contributed by atoms with Crippen molar-refractivity contribution in [2.45, 2.75) is 63.2 Å². The zero-order valence-corrected chi connectivity index (χ0v) is 19.9. The first kappa shape index (κ1) is 23.8. The second kappa shape index (κ2) is 10.6. The molecule has 0 fully saturated rings. The van der Waals surface area contributed by atoms with Gasteiger partial charge in [-0.3, -0.25) is 4.79 Å². The van der Waals surface area contributed by atoms with Crippen molar-refractivity contribution in [3.8, 4) is 12.1 Å². The van der Waals surface area contributed by atoms with Crippen molar-refractivity contribution in [1.29, 1.82) is 10.5 Å². The van der Waals surface area contributed by atoms with E-state index in [1.165, 1.54) is 11.8 Å². The molecule has 1 N–H and O–H groups in total. The van der Waals surface area contributed by atoms with Crippen molar-refractivity contribution in [3.05, 3.63) is 38.9 Å². The maximum atomic E-state index is 13.1. The number of amides is 1. The molecule has 0 saturated carbocycles. The SMILES string of the molecule is CCOC(=O)c1sc(NC(=O)C(CC)Sc2nc3c(cc2C#N)CCCC3)c(C#N)c1C. The Bertz CT molecular complexity index is 1130. The third-order valence-electron chi connectivity index (χ3n) is 5.26. The summed E-state index contributed by atoms with van der Waals surface area (Å²) in [6.07, 6.45) is 4.49. The summed E-state index contributed by atoms with van der Waals surface area (Å²) in [5.74, 6) is -0.806. The lowest BCUT2D eigenvalue weighted by Crippen LogP contribution is -2.25. The number of hydrogen-bond donors (Lipinski definition) is 1. The van der Waals surface area contributed by atoms with Gasteiger partial charge >= 0.3 is 5.97 Å². The second-order valence-corrected chi connectivity index (χ2v) is 9.57. The number of fused-ring (bicyclic) bond motifs is 1. The van der Waals surface area contributed by atoms with Gasteiger partial charge in [-0.2, -0.15) is 10.5 Å². The molecule has 2 aromatic heterocycles. The number of rotatable bonds is 7. The highest BCUT2D eigenvalue weighted by Gasteiger charge is 2.26. The van der Waals surface area contributed by atoms with Gasteiger partial charge in [0.05, 0.1) is 23.0 Å². The van der Waals surface area contributed by atoms with Gasteiger partial charge in [0, 0.05) is 5.69 Å². The van der Waals surface area contributed by atoms with Gasteiger partial charge in [-0.15, -0.1) is 11.3 Å². The number of pyridine rings is 1. The molecular formula is C23H24N4O3S2. The van der Waals surface area contributed by atoms with Gasteiger partial charge in [0.25, 0.3) is 0 Å². The number of nitrogens with zero attached hydrogens (tertiary/aromatic N) is 3. The fourth-order valence-corrected chi connectivity index (χ4v) is 5.61. The number of hydrogen-bond acceptors (Lipinski definition) is 8. The number of thiophene rings is 1. The van der Waals surface area contributed by atoms with E-state index in [1.54, 1.807) is 13.8 Å². The van der Waals surface area contributed by atoms with Gasteiger partial charge < -0.3 is 10.1 Å². The van der Waals surface area contributed by atoms with Crippen LogP contribution in [0.1, 0.15) is 70.7 Å². The van der Waals surface area contributed by atoms with E-state index in [1.807, 2.05) is 13.0 Å². The minimum absolute atomic E-state index is 0.226. The molecule has 0 spiro atoms. The summed E-state index contributed by atoms with van der Waals surface area (Å²) in [7, 11) is 0. The molecule has 1 atom stereocenters. The lowest BCUT2D eigenvalue weighted by Gasteiger charge is -2.19. The number of aryl methyl sites for hydroxylation is 2. The second-order valence-electron chi connectivity index (χ2n) is 7.36. The van der Waals surface area contributed by atoms with E-state index in [0.29, 0.717) is 32.5 Å². The number of carbonyl (C=O) groups excluding carboxylic acids is 2. The molecule has 9 heteroatoms. The van der Waals surface area contributed by atoms with E-state index in [9.17, 15) is 20.1 Å². The molecule has 32 heavy (non-hydrogen) atoms. The number of ether oxygens (including phenoxy) is 1. The molecule has 166 valence electrons. The number of nitrogens with one attached hydrogen (secondary N) is 1. The van der Waals surface area contributed by atoms with Crippen LogP contribution in [-0.4, -0.2) is 28.7 Å². The highest BCUT2D eigenvalue weighted by Crippen LogP contribution is 2.35. The van der Waals surface area contributed by atoms with Crippen molar-refractivity contribution in [1.82, 2.24) is 4.98 Å². The van der Waals surface area contributed by atoms with E-state index < -0.39 is 11.2 Å². The van der Waals surface area contributed by atoms with Crippen molar-refractivity contribution < 1.29 is 14.3 Å². The quantitative estimate of drug-likeness (QED) is 0.460. The van der Waals surface area contributed by atoms with Crippen LogP contribution >= 0.6 is 23.1 Å². The van der Waals surface area contributed by atoms with Gasteiger partial charge in [-0.05, 0) is 63.1 Å². The van der Waals surface area contributed by atoms with Crippen LogP contribution in [0.5, 0.6) is 0 Å². The lowest BCUT2D eigenvalue weighted by atomic mass is 9.95. The number of carbonyl (C=O) groups is 2. The molecule has 0 radical (unpaired) electrons. The highest BCUT2D eigenvalue weighted by molar-refractivity contribution is 8.00. The van der Waals surface area contributed by atoms with Gasteiger partial charge in [0.15, 0.2) is 0 Å². The minimum Gasteiger partial charge on any atom is -0.462 e. The van der Waals surface area contributed by atoms with Crippen molar-refractivity contribution in [2.75, 3.05) is 11.9 Å². The third-order valence-corrected chi connectivity index (χ3v) is 7.81.